The quantitative estimate of drug-likeness (QED) is 0.723. The Morgan fingerprint density at radius 1 is 1.09 bits per heavy atom. The molecule has 0 aliphatic rings. The average molecular weight is 442 g/mol. The summed E-state index contributed by atoms with van der Waals surface area (Å²) in [5, 5.41) is 10.6. The first-order valence-corrected chi connectivity index (χ1v) is 7.61. The van der Waals surface area contributed by atoms with Crippen molar-refractivity contribution in [3.8, 4) is 5.75 Å². The topological polar surface area (TPSA) is 46.5 Å². The van der Waals surface area contributed by atoms with E-state index in [0.29, 0.717) is 18.6 Å². The molecule has 0 saturated carbocycles. The van der Waals surface area contributed by atoms with E-state index >= 15 is 0 Å². The van der Waals surface area contributed by atoms with E-state index in [-0.39, 0.29) is 85.7 Å². The van der Waals surface area contributed by atoms with Crippen molar-refractivity contribution in [2.45, 2.75) is 65.2 Å². The summed E-state index contributed by atoms with van der Waals surface area (Å²) >= 11 is 0. The first-order chi connectivity index (χ1) is 9.46. The van der Waals surface area contributed by atoms with Crippen molar-refractivity contribution in [2.75, 3.05) is 0 Å². The van der Waals surface area contributed by atoms with Crippen LogP contribution in [0.25, 0.3) is 0 Å². The first-order valence-electron chi connectivity index (χ1n) is 7.20. The Labute approximate surface area is 195 Å². The van der Waals surface area contributed by atoms with Crippen molar-refractivity contribution in [3.63, 3.8) is 0 Å². The number of hydrogen-bond acceptors (Lipinski definition) is 3. The van der Waals surface area contributed by atoms with Crippen LogP contribution in [0.4, 0.5) is 0 Å². The molecule has 1 N–H and O–H groups in total. The number of benzene rings is 1. The van der Waals surface area contributed by atoms with Gasteiger partial charge in [0, 0.05) is 6.42 Å². The van der Waals surface area contributed by atoms with Crippen LogP contribution in [0.15, 0.2) is 12.1 Å². The van der Waals surface area contributed by atoms with E-state index in [4.69, 9.17) is 0 Å². The van der Waals surface area contributed by atoms with Gasteiger partial charge >= 0.3 is 68.9 Å². The van der Waals surface area contributed by atoms with Crippen molar-refractivity contribution in [1.82, 2.24) is 0 Å². The van der Waals surface area contributed by atoms with Crippen LogP contribution in [0, 0.1) is 0 Å². The zero-order valence-corrected chi connectivity index (χ0v) is 22.1. The summed E-state index contributed by atoms with van der Waals surface area (Å²) in [5.74, 6) is 0.0656. The van der Waals surface area contributed by atoms with Gasteiger partial charge in [-0.2, -0.15) is 0 Å². The molecular weight excluding hydrogens is 416 g/mol. The molecule has 0 aliphatic heterocycles. The number of phenolic OH excluding ortho intramolecular Hbond substituents is 1. The maximum atomic E-state index is 11.3. The van der Waals surface area contributed by atoms with Crippen LogP contribution < -0.4 is 68.9 Å². The maximum absolute atomic E-state index is 11.3. The molecule has 0 heterocycles. The zero-order chi connectivity index (χ0) is 16.4. The van der Waals surface area contributed by atoms with Gasteiger partial charge in [-0.15, -0.1) is 0 Å². The largest absolute Gasteiger partial charge is 1.00 e. The van der Waals surface area contributed by atoms with Crippen LogP contribution >= 0.6 is 9.47 Å². The predicted octanol–water partition coefficient (Wildman–Crippen LogP) is 1.52. The SMILES string of the molecule is CC(C)(C)c1cc(CCC(=O)O[PH-])cc(C(C)(C)C)c1O.[Cs+]. The van der Waals surface area contributed by atoms with Crippen molar-refractivity contribution < 1.29 is 83.3 Å². The molecule has 0 fully saturated rings. The third-order valence-electron chi connectivity index (χ3n) is 3.52. The summed E-state index contributed by atoms with van der Waals surface area (Å²) in [7, 11) is 2.75. The first kappa shape index (κ1) is 23.0. The fourth-order valence-electron chi connectivity index (χ4n) is 2.28. The van der Waals surface area contributed by atoms with E-state index in [1.165, 1.54) is 0 Å². The molecule has 0 unspecified atom stereocenters. The third kappa shape index (κ3) is 6.46. The van der Waals surface area contributed by atoms with E-state index in [9.17, 15) is 9.90 Å². The Bertz CT molecular complexity index is 493. The summed E-state index contributed by atoms with van der Waals surface area (Å²) in [5.41, 5.74) is 2.55. The fourth-order valence-corrected chi connectivity index (χ4v) is 2.38. The molecule has 22 heavy (non-hydrogen) atoms. The Morgan fingerprint density at radius 2 is 1.50 bits per heavy atom. The molecule has 0 amide bonds. The monoisotopic (exact) mass is 442 g/mol. The molecule has 1 aromatic carbocycles. The van der Waals surface area contributed by atoms with E-state index in [0.717, 1.165) is 16.7 Å². The molecule has 0 atom stereocenters. The molecule has 3 nitrogen and oxygen atoms in total. The second kappa shape index (κ2) is 8.89. The second-order valence-corrected chi connectivity index (χ2v) is 7.72. The van der Waals surface area contributed by atoms with Gasteiger partial charge in [0.2, 0.25) is 0 Å². The van der Waals surface area contributed by atoms with Crippen molar-refractivity contribution >= 4 is 15.4 Å². The molecular formula is C17H26CsO3P. The minimum atomic E-state index is -0.297. The van der Waals surface area contributed by atoms with Gasteiger partial charge < -0.3 is 19.1 Å². The number of carbonyl (C=O) groups is 1. The van der Waals surface area contributed by atoms with Gasteiger partial charge in [0.25, 0.3) is 5.97 Å². The number of rotatable bonds is 3. The molecule has 0 spiro atoms. The average Bonchev–Trinajstić information content (AvgIpc) is 2.34. The van der Waals surface area contributed by atoms with E-state index in [2.05, 4.69) is 55.5 Å². The minimum Gasteiger partial charge on any atom is -0.648 e. The van der Waals surface area contributed by atoms with Gasteiger partial charge in [-0.3, -0.25) is 4.79 Å². The number of aromatic hydroxyl groups is 1. The van der Waals surface area contributed by atoms with E-state index in [1.807, 2.05) is 12.1 Å². The summed E-state index contributed by atoms with van der Waals surface area (Å²) in [6.45, 7) is 12.4. The molecule has 0 saturated heterocycles. The summed E-state index contributed by atoms with van der Waals surface area (Å²) in [6, 6.07) is 3.98. The summed E-state index contributed by atoms with van der Waals surface area (Å²) in [6.07, 6.45) is 0.900. The van der Waals surface area contributed by atoms with Gasteiger partial charge in [0.15, 0.2) is 0 Å². The predicted molar refractivity (Wildman–Crippen MR) is 88.2 cm³/mol. The molecule has 1 aromatic rings. The maximum Gasteiger partial charge on any atom is 1.00 e. The van der Waals surface area contributed by atoms with Crippen molar-refractivity contribution in [1.29, 1.82) is 0 Å². The van der Waals surface area contributed by atoms with Crippen LogP contribution in [0.2, 0.25) is 0 Å². The van der Waals surface area contributed by atoms with Gasteiger partial charge in [-0.05, 0) is 33.9 Å². The van der Waals surface area contributed by atoms with Gasteiger partial charge in [-0.1, -0.05) is 53.7 Å². The normalized spacial score (nSPS) is 11.8. The smallest absolute Gasteiger partial charge is 0.648 e. The Kier molecular flexibility index (Phi) is 9.28. The minimum absolute atomic E-state index is 0. The molecule has 0 aliphatic carbocycles. The van der Waals surface area contributed by atoms with Crippen LogP contribution in [-0.2, 0) is 26.6 Å². The standard InChI is InChI=1S/C17H26O3P.Cs/c1-16(2,3)12-9-11(7-8-14(18)20-21)10-13(15(12)19)17(4,5)6;/h9-10,19,21H,7-8H2,1-6H3;/q-1;+1. The Balaban J connectivity index is 0.00000441. The van der Waals surface area contributed by atoms with Crippen LogP contribution in [0.3, 0.4) is 0 Å². The molecule has 5 heteroatoms. The van der Waals surface area contributed by atoms with Crippen molar-refractivity contribution in [3.05, 3.63) is 28.8 Å². The summed E-state index contributed by atoms with van der Waals surface area (Å²) in [4.78, 5) is 11.3. The van der Waals surface area contributed by atoms with Gasteiger partial charge in [0.05, 0.1) is 0 Å². The number of carbonyl (C=O) groups excluding carboxylic acids is 1. The van der Waals surface area contributed by atoms with Crippen LogP contribution in [-0.4, -0.2) is 11.1 Å². The van der Waals surface area contributed by atoms with E-state index < -0.39 is 0 Å². The van der Waals surface area contributed by atoms with E-state index in [1.54, 1.807) is 0 Å². The molecule has 118 valence electrons. The Hall–Kier alpha value is 0.972. The molecule has 0 radical (unpaired) electrons. The van der Waals surface area contributed by atoms with Gasteiger partial charge in [0.1, 0.15) is 5.75 Å². The zero-order valence-electron chi connectivity index (χ0n) is 14.8. The summed E-state index contributed by atoms with van der Waals surface area (Å²) < 4.78 is 4.51. The van der Waals surface area contributed by atoms with Crippen LogP contribution in [0.1, 0.15) is 64.7 Å². The van der Waals surface area contributed by atoms with Crippen LogP contribution in [0.5, 0.6) is 5.75 Å². The number of hydrogen-bond donors (Lipinski definition) is 1. The molecule has 0 aromatic heterocycles. The number of aryl methyl sites for hydroxylation is 1. The third-order valence-corrected chi connectivity index (χ3v) is 3.75. The van der Waals surface area contributed by atoms with Crippen molar-refractivity contribution in [2.24, 2.45) is 0 Å². The molecule has 0 bridgehead atoms. The van der Waals surface area contributed by atoms with Gasteiger partial charge in [-0.25, -0.2) is 0 Å². The molecule has 1 rings (SSSR count). The Morgan fingerprint density at radius 3 is 1.82 bits per heavy atom. The fraction of sp³-hybridized carbons (Fsp3) is 0.588. The number of phenols is 1. The second-order valence-electron chi connectivity index (χ2n) is 7.51.